The number of nitrogens with zero attached hydrogens (tertiary/aromatic N) is 3. The van der Waals surface area contributed by atoms with Crippen molar-refractivity contribution in [1.82, 2.24) is 20.6 Å². The molecule has 0 saturated carbocycles. The van der Waals surface area contributed by atoms with Crippen LogP contribution in [0.15, 0.2) is 48.7 Å². The van der Waals surface area contributed by atoms with Gasteiger partial charge in [0.2, 0.25) is 5.88 Å². The highest BCUT2D eigenvalue weighted by molar-refractivity contribution is 5.78. The van der Waals surface area contributed by atoms with Crippen LogP contribution in [0.4, 0.5) is 0 Å². The van der Waals surface area contributed by atoms with E-state index in [2.05, 4.69) is 20.6 Å². The Hall–Kier alpha value is -2.57. The largest absolute Gasteiger partial charge is 0.480 e. The van der Waals surface area contributed by atoms with Crippen LogP contribution in [0.3, 0.4) is 0 Å². The van der Waals surface area contributed by atoms with E-state index in [1.807, 2.05) is 36.4 Å². The van der Waals surface area contributed by atoms with Crippen molar-refractivity contribution in [2.45, 2.75) is 6.04 Å². The van der Waals surface area contributed by atoms with Crippen molar-refractivity contribution in [2.75, 3.05) is 7.11 Å². The lowest BCUT2D eigenvalue weighted by Crippen LogP contribution is -2.29. The Morgan fingerprint density at radius 3 is 2.71 bits per heavy atom. The van der Waals surface area contributed by atoms with Crippen molar-refractivity contribution in [1.29, 1.82) is 0 Å². The molecule has 0 fully saturated rings. The molecule has 0 saturated heterocycles. The number of hydrogen-bond donors (Lipinski definition) is 2. The van der Waals surface area contributed by atoms with Gasteiger partial charge in [0, 0.05) is 17.6 Å². The Labute approximate surface area is 122 Å². The Balaban J connectivity index is 2.00. The topological polar surface area (TPSA) is 86.0 Å². The standard InChI is InChI=1S/C15H15N5O/c1-21-14-7-6-13(19-20-14)15(18-16)11-8-10-4-2-3-5-12(10)17-9-11/h2-9,15,18H,16H2,1H3. The molecule has 0 aliphatic heterocycles. The maximum absolute atomic E-state index is 5.67. The number of ether oxygens (including phenoxy) is 1. The van der Waals surface area contributed by atoms with E-state index in [1.165, 1.54) is 0 Å². The third kappa shape index (κ3) is 2.67. The van der Waals surface area contributed by atoms with E-state index < -0.39 is 0 Å². The van der Waals surface area contributed by atoms with Crippen molar-refractivity contribution in [3.63, 3.8) is 0 Å². The van der Waals surface area contributed by atoms with Gasteiger partial charge < -0.3 is 4.74 Å². The molecule has 2 aromatic heterocycles. The van der Waals surface area contributed by atoms with Crippen LogP contribution >= 0.6 is 0 Å². The first kappa shape index (κ1) is 13.4. The second-order valence-corrected chi connectivity index (χ2v) is 4.56. The van der Waals surface area contributed by atoms with Gasteiger partial charge in [-0.15, -0.1) is 10.2 Å². The smallest absolute Gasteiger partial charge is 0.233 e. The molecule has 2 heterocycles. The van der Waals surface area contributed by atoms with Gasteiger partial charge in [-0.25, -0.2) is 5.43 Å². The van der Waals surface area contributed by atoms with Crippen LogP contribution in [0.1, 0.15) is 17.3 Å². The first-order chi connectivity index (χ1) is 10.3. The van der Waals surface area contributed by atoms with Crippen LogP contribution in [0, 0.1) is 0 Å². The normalized spacial score (nSPS) is 12.3. The van der Waals surface area contributed by atoms with Gasteiger partial charge in [-0.1, -0.05) is 18.2 Å². The van der Waals surface area contributed by atoms with Gasteiger partial charge in [0.15, 0.2) is 0 Å². The molecule has 0 bridgehead atoms. The molecule has 1 aromatic carbocycles. The minimum atomic E-state index is -0.277. The average Bonchev–Trinajstić information content (AvgIpc) is 2.56. The molecule has 6 heteroatoms. The minimum absolute atomic E-state index is 0.277. The Kier molecular flexibility index (Phi) is 3.72. The van der Waals surface area contributed by atoms with Crippen LogP contribution in [0.2, 0.25) is 0 Å². The number of fused-ring (bicyclic) bond motifs is 1. The summed E-state index contributed by atoms with van der Waals surface area (Å²) in [6.45, 7) is 0. The van der Waals surface area contributed by atoms with Crippen LogP contribution in [0.25, 0.3) is 10.9 Å². The molecule has 6 nitrogen and oxygen atoms in total. The highest BCUT2D eigenvalue weighted by Gasteiger charge is 2.15. The monoisotopic (exact) mass is 281 g/mol. The summed E-state index contributed by atoms with van der Waals surface area (Å²) < 4.78 is 5.01. The van der Waals surface area contributed by atoms with Gasteiger partial charge in [-0.2, -0.15) is 0 Å². The quantitative estimate of drug-likeness (QED) is 0.558. The van der Waals surface area contributed by atoms with Gasteiger partial charge in [-0.05, 0) is 23.8 Å². The minimum Gasteiger partial charge on any atom is -0.480 e. The first-order valence-corrected chi connectivity index (χ1v) is 6.50. The zero-order valence-corrected chi connectivity index (χ0v) is 11.5. The lowest BCUT2D eigenvalue weighted by Gasteiger charge is -2.15. The molecule has 0 spiro atoms. The zero-order valence-electron chi connectivity index (χ0n) is 11.5. The maximum Gasteiger partial charge on any atom is 0.233 e. The lowest BCUT2D eigenvalue weighted by atomic mass is 10.0. The van der Waals surface area contributed by atoms with Crippen molar-refractivity contribution in [2.24, 2.45) is 5.84 Å². The molecule has 3 N–H and O–H groups in total. The Morgan fingerprint density at radius 2 is 2.00 bits per heavy atom. The maximum atomic E-state index is 5.67. The second kappa shape index (κ2) is 5.82. The van der Waals surface area contributed by atoms with E-state index in [0.29, 0.717) is 11.6 Å². The lowest BCUT2D eigenvalue weighted by molar-refractivity contribution is 0.390. The van der Waals surface area contributed by atoms with Crippen molar-refractivity contribution >= 4 is 10.9 Å². The fraction of sp³-hybridized carbons (Fsp3) is 0.133. The number of aromatic nitrogens is 3. The van der Waals surface area contributed by atoms with Crippen molar-refractivity contribution in [3.8, 4) is 5.88 Å². The second-order valence-electron chi connectivity index (χ2n) is 4.56. The van der Waals surface area contributed by atoms with E-state index in [9.17, 15) is 0 Å². The van der Waals surface area contributed by atoms with Gasteiger partial charge in [0.1, 0.15) is 0 Å². The van der Waals surface area contributed by atoms with Gasteiger partial charge >= 0.3 is 0 Å². The van der Waals surface area contributed by atoms with Gasteiger partial charge in [0.05, 0.1) is 24.4 Å². The highest BCUT2D eigenvalue weighted by atomic mass is 16.5. The summed E-state index contributed by atoms with van der Waals surface area (Å²) in [7, 11) is 1.55. The number of methoxy groups -OCH3 is 1. The molecule has 0 radical (unpaired) electrons. The SMILES string of the molecule is COc1ccc(C(NN)c2cnc3ccccc3c2)nn1. The highest BCUT2D eigenvalue weighted by Crippen LogP contribution is 2.22. The number of benzene rings is 1. The molecule has 1 atom stereocenters. The number of nitrogens with one attached hydrogen (secondary N) is 1. The van der Waals surface area contributed by atoms with E-state index in [0.717, 1.165) is 16.5 Å². The fourth-order valence-electron chi connectivity index (χ4n) is 2.19. The first-order valence-electron chi connectivity index (χ1n) is 6.50. The average molecular weight is 281 g/mol. The van der Waals surface area contributed by atoms with Crippen LogP contribution in [0.5, 0.6) is 5.88 Å². The molecule has 21 heavy (non-hydrogen) atoms. The molecule has 1 unspecified atom stereocenters. The molecule has 3 rings (SSSR count). The Bertz CT molecular complexity index is 744. The molecular formula is C15H15N5O. The summed E-state index contributed by atoms with van der Waals surface area (Å²) in [6.07, 6.45) is 1.79. The number of para-hydroxylation sites is 1. The van der Waals surface area contributed by atoms with Crippen LogP contribution in [-0.4, -0.2) is 22.3 Å². The molecule has 0 aliphatic carbocycles. The van der Waals surface area contributed by atoms with E-state index in [1.54, 1.807) is 19.4 Å². The number of rotatable bonds is 4. The van der Waals surface area contributed by atoms with E-state index in [4.69, 9.17) is 10.6 Å². The van der Waals surface area contributed by atoms with Crippen molar-refractivity contribution < 1.29 is 4.74 Å². The summed E-state index contributed by atoms with van der Waals surface area (Å²) in [5, 5.41) is 9.15. The predicted molar refractivity (Wildman–Crippen MR) is 79.5 cm³/mol. The summed E-state index contributed by atoms with van der Waals surface area (Å²) in [5.74, 6) is 6.14. The Morgan fingerprint density at radius 1 is 1.14 bits per heavy atom. The molecule has 106 valence electrons. The van der Waals surface area contributed by atoms with Crippen molar-refractivity contribution in [3.05, 3.63) is 59.9 Å². The fourth-order valence-corrected chi connectivity index (χ4v) is 2.19. The van der Waals surface area contributed by atoms with E-state index in [-0.39, 0.29) is 6.04 Å². The summed E-state index contributed by atoms with van der Waals surface area (Å²) in [4.78, 5) is 4.44. The summed E-state index contributed by atoms with van der Waals surface area (Å²) in [6, 6.07) is 13.3. The number of hydrogen-bond acceptors (Lipinski definition) is 6. The molecule has 0 aliphatic rings. The van der Waals surface area contributed by atoms with Gasteiger partial charge in [-0.3, -0.25) is 10.8 Å². The number of nitrogens with two attached hydrogens (primary N) is 1. The van der Waals surface area contributed by atoms with Crippen LogP contribution < -0.4 is 16.0 Å². The number of pyridine rings is 1. The number of hydrazine groups is 1. The molecular weight excluding hydrogens is 266 g/mol. The van der Waals surface area contributed by atoms with E-state index >= 15 is 0 Å². The third-order valence-corrected chi connectivity index (χ3v) is 3.28. The zero-order chi connectivity index (χ0) is 14.7. The summed E-state index contributed by atoms with van der Waals surface area (Å²) in [5.41, 5.74) is 5.33. The predicted octanol–water partition coefficient (Wildman–Crippen LogP) is 1.59. The molecule has 3 aromatic rings. The third-order valence-electron chi connectivity index (χ3n) is 3.28. The molecule has 0 amide bonds. The van der Waals surface area contributed by atoms with Gasteiger partial charge in [0.25, 0.3) is 0 Å². The summed E-state index contributed by atoms with van der Waals surface area (Å²) >= 11 is 0. The van der Waals surface area contributed by atoms with Crippen LogP contribution in [-0.2, 0) is 0 Å².